The second-order valence-corrected chi connectivity index (χ2v) is 4.02. The fraction of sp³-hybridized carbons (Fsp3) is 0.444. The zero-order valence-corrected chi connectivity index (χ0v) is 10.8. The Morgan fingerprint density at radius 3 is 2.08 bits per heavy atom. The maximum atomic E-state index is 8.56. The molecule has 3 heteroatoms. The third kappa shape index (κ3) is 2.83. The molecular weight excluding hydrogens is 320 g/mol. The molecule has 2 nitrogen and oxygen atoms in total. The summed E-state index contributed by atoms with van der Waals surface area (Å²) in [7, 11) is 0. The molecule has 0 saturated heterocycles. The van der Waals surface area contributed by atoms with E-state index in [0.717, 1.165) is 9.59 Å². The molecule has 0 aromatic heterocycles. The van der Waals surface area contributed by atoms with E-state index in [9.17, 15) is 0 Å². The molecule has 0 bridgehead atoms. The van der Waals surface area contributed by atoms with E-state index in [1.54, 1.807) is 0 Å². The summed E-state index contributed by atoms with van der Waals surface area (Å²) < 4.78 is 0.758. The van der Waals surface area contributed by atoms with E-state index in [4.69, 9.17) is 5.39 Å². The summed E-state index contributed by atoms with van der Waals surface area (Å²) in [4.78, 5) is 3.19. The first-order valence-electron chi connectivity index (χ1n) is 3.74. The third-order valence-corrected chi connectivity index (χ3v) is 3.39. The monoisotopic (exact) mass is 333 g/mol. The van der Waals surface area contributed by atoms with E-state index in [0.29, 0.717) is 0 Å². The molecule has 0 saturated carbocycles. The van der Waals surface area contributed by atoms with Crippen LogP contribution in [0.2, 0.25) is 0 Å². The third-order valence-electron chi connectivity index (χ3n) is 2.00. The van der Waals surface area contributed by atoms with E-state index >= 15 is 0 Å². The van der Waals surface area contributed by atoms with Crippen molar-refractivity contribution in [3.63, 3.8) is 0 Å². The minimum atomic E-state index is 0.758. The standard InChI is InChI=1S/C9H13N2.W/c1-5-7(2)9(4)8(3)6-11-10;/h5H,1-4H3;/q+1;/b7-5?,9-8-;. The van der Waals surface area contributed by atoms with Gasteiger partial charge in [-0.15, -0.1) is 0 Å². The van der Waals surface area contributed by atoms with Crippen LogP contribution in [0.4, 0.5) is 0 Å². The maximum absolute atomic E-state index is 8.56. The van der Waals surface area contributed by atoms with Crippen LogP contribution < -0.4 is 0 Å². The Morgan fingerprint density at radius 2 is 1.75 bits per heavy atom. The van der Waals surface area contributed by atoms with Crippen molar-refractivity contribution in [2.75, 3.05) is 0 Å². The van der Waals surface area contributed by atoms with Crippen molar-refractivity contribution in [2.24, 2.45) is 0 Å². The molecule has 12 heavy (non-hydrogen) atoms. The van der Waals surface area contributed by atoms with E-state index in [2.05, 4.69) is 18.0 Å². The van der Waals surface area contributed by atoms with Gasteiger partial charge in [-0.25, -0.2) is 0 Å². The number of allylic oxidation sites excluding steroid dienone is 3. The van der Waals surface area contributed by atoms with Crippen molar-refractivity contribution in [3.8, 4) is 0 Å². The van der Waals surface area contributed by atoms with Crippen molar-refractivity contribution in [1.29, 1.82) is 5.39 Å². The van der Waals surface area contributed by atoms with Crippen LogP contribution in [-0.4, -0.2) is 4.02 Å². The molecule has 0 spiro atoms. The van der Waals surface area contributed by atoms with Crippen molar-refractivity contribution in [1.82, 2.24) is 0 Å². The van der Waals surface area contributed by atoms with Gasteiger partial charge in [0.25, 0.3) is 0 Å². The molecule has 0 heterocycles. The minimum absolute atomic E-state index is 0.758. The van der Waals surface area contributed by atoms with Crippen LogP contribution in [-0.2, 0) is 19.4 Å². The fourth-order valence-corrected chi connectivity index (χ4v) is 1.30. The summed E-state index contributed by atoms with van der Waals surface area (Å²) in [5.41, 5.74) is 3.50. The number of hydrogen-bond donors (Lipinski definition) is 0. The molecule has 0 aliphatic heterocycles. The molecule has 0 fully saturated rings. The Bertz CT molecular complexity index is 292. The summed E-state index contributed by atoms with van der Waals surface area (Å²) >= 11 is 1.19. The molecule has 0 amide bonds. The van der Waals surface area contributed by atoms with Gasteiger partial charge < -0.3 is 0 Å². The van der Waals surface area contributed by atoms with Crippen LogP contribution >= 0.6 is 0 Å². The quantitative estimate of drug-likeness (QED) is 0.564. The Hall–Kier alpha value is -0.542. The molecule has 0 aliphatic carbocycles. The normalized spacial score (nSPS) is 13.4. The first-order valence-corrected chi connectivity index (χ1v) is 5.21. The predicted octanol–water partition coefficient (Wildman–Crippen LogP) is 2.82. The van der Waals surface area contributed by atoms with Gasteiger partial charge >= 0.3 is 84.2 Å². The van der Waals surface area contributed by atoms with Crippen LogP contribution in [0.15, 0.2) is 22.8 Å². The number of rotatable bonds is 2. The topological polar surface area (TPSA) is 28.1 Å². The summed E-state index contributed by atoms with van der Waals surface area (Å²) in [5.74, 6) is 0. The first-order chi connectivity index (χ1) is 5.54. The second-order valence-electron chi connectivity index (χ2n) is 2.63. The predicted molar refractivity (Wildman–Crippen MR) is 47.9 cm³/mol. The van der Waals surface area contributed by atoms with Crippen LogP contribution in [0, 0.1) is 5.39 Å². The van der Waals surface area contributed by atoms with Crippen molar-refractivity contribution in [3.05, 3.63) is 27.8 Å². The Morgan fingerprint density at radius 1 is 1.25 bits per heavy atom. The zero-order valence-electron chi connectivity index (χ0n) is 7.88. The molecule has 0 aromatic rings. The van der Waals surface area contributed by atoms with Gasteiger partial charge in [-0.1, -0.05) is 0 Å². The van der Waals surface area contributed by atoms with Gasteiger partial charge in [0.15, 0.2) is 0 Å². The summed E-state index contributed by atoms with van der Waals surface area (Å²) in [6, 6.07) is 0. The number of hydrogen-bond acceptors (Lipinski definition) is 1. The van der Waals surface area contributed by atoms with Crippen LogP contribution in [0.25, 0.3) is 4.98 Å². The summed E-state index contributed by atoms with van der Waals surface area (Å²) in [6.45, 7) is 8.08. The molecular formula is C9H13N2W+. The summed E-state index contributed by atoms with van der Waals surface area (Å²) in [5, 5.41) is 8.56. The van der Waals surface area contributed by atoms with E-state index in [-0.39, 0.29) is 0 Å². The van der Waals surface area contributed by atoms with Gasteiger partial charge in [-0.3, -0.25) is 0 Å². The van der Waals surface area contributed by atoms with Crippen LogP contribution in [0.5, 0.6) is 0 Å². The second kappa shape index (κ2) is 5.17. The SMILES string of the molecule is CC=C(C)/C(C)=C(/C)[C](=[W])[N+]#N. The summed E-state index contributed by atoms with van der Waals surface area (Å²) in [6.07, 6.45) is 2.05. The van der Waals surface area contributed by atoms with Crippen molar-refractivity contribution >= 4 is 4.02 Å². The van der Waals surface area contributed by atoms with Gasteiger partial charge in [0.1, 0.15) is 0 Å². The number of nitrogens with zero attached hydrogens (tertiary/aromatic N) is 2. The molecule has 64 valence electrons. The first kappa shape index (κ1) is 11.5. The van der Waals surface area contributed by atoms with Gasteiger partial charge in [-0.05, 0) is 0 Å². The molecule has 0 radical (unpaired) electrons. The zero-order chi connectivity index (χ0) is 9.72. The van der Waals surface area contributed by atoms with Gasteiger partial charge in [0, 0.05) is 0 Å². The van der Waals surface area contributed by atoms with Crippen LogP contribution in [0.3, 0.4) is 0 Å². The molecule has 0 atom stereocenters. The molecule has 0 aliphatic rings. The molecule has 0 aromatic carbocycles. The fourth-order valence-electron chi connectivity index (χ4n) is 0.748. The Kier molecular flexibility index (Phi) is 4.93. The van der Waals surface area contributed by atoms with Gasteiger partial charge in [0.05, 0.1) is 0 Å². The molecule has 0 N–H and O–H groups in total. The van der Waals surface area contributed by atoms with E-state index in [1.807, 2.05) is 20.8 Å². The Labute approximate surface area is 84.4 Å². The van der Waals surface area contributed by atoms with Crippen molar-refractivity contribution in [2.45, 2.75) is 27.7 Å². The van der Waals surface area contributed by atoms with Crippen LogP contribution in [0.1, 0.15) is 27.7 Å². The van der Waals surface area contributed by atoms with E-state index < -0.39 is 0 Å². The average molecular weight is 333 g/mol. The Balaban J connectivity index is 4.97. The molecule has 0 rings (SSSR count). The molecule has 0 unspecified atom stereocenters. The van der Waals surface area contributed by atoms with Gasteiger partial charge in [0.2, 0.25) is 0 Å². The average Bonchev–Trinajstić information content (AvgIpc) is 2.12. The van der Waals surface area contributed by atoms with E-state index in [1.165, 1.54) is 30.5 Å². The van der Waals surface area contributed by atoms with Gasteiger partial charge in [-0.2, -0.15) is 0 Å². The van der Waals surface area contributed by atoms with Crippen molar-refractivity contribution < 1.29 is 19.4 Å². The number of diazo groups is 1.